The summed E-state index contributed by atoms with van der Waals surface area (Å²) in [7, 11) is 0. The SMILES string of the molecule is CSCCC(N)C(=O)NCC(=O)NC(C)C(=O)NC(C(=O)O)C(C)O. The first kappa shape index (κ1) is 23.1. The Bertz CT molecular complexity index is 488. The van der Waals surface area contributed by atoms with Gasteiger partial charge in [-0.15, -0.1) is 0 Å². The van der Waals surface area contributed by atoms with Crippen LogP contribution in [0.3, 0.4) is 0 Å². The second kappa shape index (κ2) is 11.7. The van der Waals surface area contributed by atoms with Crippen LogP contribution in [0.15, 0.2) is 0 Å². The van der Waals surface area contributed by atoms with Gasteiger partial charge < -0.3 is 31.9 Å². The molecule has 0 aromatic carbocycles. The molecule has 10 nitrogen and oxygen atoms in total. The van der Waals surface area contributed by atoms with E-state index in [1.165, 1.54) is 13.8 Å². The highest BCUT2D eigenvalue weighted by atomic mass is 32.2. The highest BCUT2D eigenvalue weighted by molar-refractivity contribution is 7.98. The van der Waals surface area contributed by atoms with Gasteiger partial charge in [-0.2, -0.15) is 11.8 Å². The number of rotatable bonds is 11. The van der Waals surface area contributed by atoms with E-state index in [0.717, 1.165) is 0 Å². The first-order chi connectivity index (χ1) is 11.6. The van der Waals surface area contributed by atoms with Gasteiger partial charge in [0.1, 0.15) is 6.04 Å². The molecule has 7 N–H and O–H groups in total. The number of carbonyl (C=O) groups is 4. The summed E-state index contributed by atoms with van der Waals surface area (Å²) in [6.45, 7) is 2.21. The molecule has 0 aromatic rings. The number of carbonyl (C=O) groups excluding carboxylic acids is 3. The lowest BCUT2D eigenvalue weighted by atomic mass is 10.1. The molecule has 0 bridgehead atoms. The predicted octanol–water partition coefficient (Wildman–Crippen LogP) is -2.36. The fourth-order valence-corrected chi connectivity index (χ4v) is 2.19. The molecule has 0 aliphatic heterocycles. The summed E-state index contributed by atoms with van der Waals surface area (Å²) in [6, 6.07) is -3.25. The summed E-state index contributed by atoms with van der Waals surface area (Å²) in [5, 5.41) is 25.0. The van der Waals surface area contributed by atoms with Gasteiger partial charge in [0.15, 0.2) is 6.04 Å². The smallest absolute Gasteiger partial charge is 0.328 e. The number of nitrogens with two attached hydrogens (primary N) is 1. The van der Waals surface area contributed by atoms with E-state index in [2.05, 4.69) is 16.0 Å². The van der Waals surface area contributed by atoms with Crippen LogP contribution >= 0.6 is 11.8 Å². The Hall–Kier alpha value is -1.85. The van der Waals surface area contributed by atoms with Gasteiger partial charge in [0.25, 0.3) is 0 Å². The molecule has 144 valence electrons. The van der Waals surface area contributed by atoms with Crippen LogP contribution in [0.5, 0.6) is 0 Å². The Kier molecular flexibility index (Phi) is 10.8. The van der Waals surface area contributed by atoms with Gasteiger partial charge >= 0.3 is 5.97 Å². The van der Waals surface area contributed by atoms with E-state index in [-0.39, 0.29) is 6.54 Å². The van der Waals surface area contributed by atoms with Crippen molar-refractivity contribution in [1.82, 2.24) is 16.0 Å². The lowest BCUT2D eigenvalue weighted by molar-refractivity contribution is -0.145. The molecule has 3 amide bonds. The van der Waals surface area contributed by atoms with Crippen molar-refractivity contribution in [3.05, 3.63) is 0 Å². The number of nitrogens with one attached hydrogen (secondary N) is 3. The van der Waals surface area contributed by atoms with Gasteiger partial charge in [0.05, 0.1) is 18.7 Å². The third kappa shape index (κ3) is 9.27. The molecule has 0 saturated heterocycles. The van der Waals surface area contributed by atoms with Crippen molar-refractivity contribution in [2.75, 3.05) is 18.6 Å². The molecule has 4 atom stereocenters. The van der Waals surface area contributed by atoms with Crippen molar-refractivity contribution in [2.45, 2.75) is 44.5 Å². The first-order valence-electron chi connectivity index (χ1n) is 7.63. The van der Waals surface area contributed by atoms with E-state index in [4.69, 9.17) is 10.8 Å². The van der Waals surface area contributed by atoms with Crippen molar-refractivity contribution in [1.29, 1.82) is 0 Å². The molecule has 0 spiro atoms. The number of hydrogen-bond acceptors (Lipinski definition) is 7. The summed E-state index contributed by atoms with van der Waals surface area (Å²) in [4.78, 5) is 46.2. The lowest BCUT2D eigenvalue weighted by Crippen LogP contribution is -2.55. The Balaban J connectivity index is 4.34. The maximum atomic E-state index is 11.9. The van der Waals surface area contributed by atoms with E-state index in [1.54, 1.807) is 11.8 Å². The largest absolute Gasteiger partial charge is 0.480 e. The molecule has 0 saturated carbocycles. The monoisotopic (exact) mass is 378 g/mol. The highest BCUT2D eigenvalue weighted by Gasteiger charge is 2.27. The Labute approximate surface area is 150 Å². The first-order valence-corrected chi connectivity index (χ1v) is 9.02. The maximum Gasteiger partial charge on any atom is 0.328 e. The summed E-state index contributed by atoms with van der Waals surface area (Å²) in [6.07, 6.45) is 1.06. The fourth-order valence-electron chi connectivity index (χ4n) is 1.70. The summed E-state index contributed by atoms with van der Waals surface area (Å²) < 4.78 is 0. The molecule has 0 rings (SSSR count). The third-order valence-electron chi connectivity index (χ3n) is 3.21. The van der Waals surface area contributed by atoms with Crippen molar-refractivity contribution >= 4 is 35.5 Å². The molecule has 0 heterocycles. The van der Waals surface area contributed by atoms with Crippen LogP contribution < -0.4 is 21.7 Å². The molecule has 0 aliphatic carbocycles. The predicted molar refractivity (Wildman–Crippen MR) is 92.8 cm³/mol. The van der Waals surface area contributed by atoms with Gasteiger partial charge in [-0.05, 0) is 32.3 Å². The summed E-state index contributed by atoms with van der Waals surface area (Å²) in [5.41, 5.74) is 5.65. The van der Waals surface area contributed by atoms with E-state index >= 15 is 0 Å². The van der Waals surface area contributed by atoms with E-state index in [0.29, 0.717) is 12.2 Å². The fraction of sp³-hybridized carbons (Fsp3) is 0.714. The molecule has 4 unspecified atom stereocenters. The number of thioether (sulfide) groups is 1. The van der Waals surface area contributed by atoms with Gasteiger partial charge in [-0.25, -0.2) is 4.79 Å². The second-order valence-electron chi connectivity index (χ2n) is 5.46. The molecule has 11 heteroatoms. The van der Waals surface area contributed by atoms with Crippen LogP contribution in [0.2, 0.25) is 0 Å². The van der Waals surface area contributed by atoms with E-state index in [9.17, 15) is 24.3 Å². The average Bonchev–Trinajstić information content (AvgIpc) is 2.54. The van der Waals surface area contributed by atoms with Crippen LogP contribution in [0.1, 0.15) is 20.3 Å². The van der Waals surface area contributed by atoms with Crippen molar-refractivity contribution in [3.8, 4) is 0 Å². The standard InChI is InChI=1S/C14H26N4O6S/c1-7(12(21)18-11(8(2)19)14(23)24)17-10(20)6-16-13(22)9(15)4-5-25-3/h7-9,11,19H,4-6,15H2,1-3H3,(H,16,22)(H,17,20)(H,18,21)(H,23,24). The average molecular weight is 378 g/mol. The Morgan fingerprint density at radius 1 is 1.12 bits per heavy atom. The molecule has 0 fully saturated rings. The third-order valence-corrected chi connectivity index (χ3v) is 3.85. The number of carboxylic acids is 1. The zero-order valence-corrected chi connectivity index (χ0v) is 15.3. The van der Waals surface area contributed by atoms with Crippen LogP contribution in [-0.2, 0) is 19.2 Å². The zero-order chi connectivity index (χ0) is 19.6. The minimum atomic E-state index is -1.49. The van der Waals surface area contributed by atoms with Crippen molar-refractivity contribution in [3.63, 3.8) is 0 Å². The van der Waals surface area contributed by atoms with Gasteiger partial charge in [0, 0.05) is 0 Å². The quantitative estimate of drug-likeness (QED) is 0.232. The molecular formula is C14H26N4O6S. The maximum absolute atomic E-state index is 11.9. The molecule has 0 aromatic heterocycles. The molecule has 0 aliphatic rings. The van der Waals surface area contributed by atoms with Crippen LogP contribution in [0, 0.1) is 0 Å². The van der Waals surface area contributed by atoms with Crippen molar-refractivity contribution < 1.29 is 29.4 Å². The Morgan fingerprint density at radius 2 is 1.72 bits per heavy atom. The lowest BCUT2D eigenvalue weighted by Gasteiger charge is -2.20. The number of hydrogen-bond donors (Lipinski definition) is 6. The summed E-state index contributed by atoms with van der Waals surface area (Å²) >= 11 is 1.55. The zero-order valence-electron chi connectivity index (χ0n) is 14.4. The number of aliphatic hydroxyl groups is 1. The minimum Gasteiger partial charge on any atom is -0.480 e. The Morgan fingerprint density at radius 3 is 2.20 bits per heavy atom. The normalized spacial score (nSPS) is 15.4. The highest BCUT2D eigenvalue weighted by Crippen LogP contribution is 1.98. The minimum absolute atomic E-state index is 0.359. The number of aliphatic carboxylic acids is 1. The van der Waals surface area contributed by atoms with Gasteiger partial charge in [0.2, 0.25) is 17.7 Å². The van der Waals surface area contributed by atoms with Crippen LogP contribution in [0.4, 0.5) is 0 Å². The number of aliphatic hydroxyl groups excluding tert-OH is 1. The topological polar surface area (TPSA) is 171 Å². The van der Waals surface area contributed by atoms with E-state index in [1.807, 2.05) is 6.26 Å². The van der Waals surface area contributed by atoms with Crippen molar-refractivity contribution in [2.24, 2.45) is 5.73 Å². The van der Waals surface area contributed by atoms with Gasteiger partial charge in [-0.3, -0.25) is 14.4 Å². The number of carboxylic acid groups (broad SMARTS) is 1. The van der Waals surface area contributed by atoms with E-state index < -0.39 is 47.9 Å². The number of amides is 3. The van der Waals surface area contributed by atoms with Gasteiger partial charge in [-0.1, -0.05) is 0 Å². The molecule has 0 radical (unpaired) electrons. The van der Waals surface area contributed by atoms with Crippen LogP contribution in [-0.4, -0.2) is 76.7 Å². The summed E-state index contributed by atoms with van der Waals surface area (Å²) in [5.74, 6) is -2.55. The second-order valence-corrected chi connectivity index (χ2v) is 6.45. The molecule has 25 heavy (non-hydrogen) atoms. The van der Waals surface area contributed by atoms with Crippen LogP contribution in [0.25, 0.3) is 0 Å². The molecular weight excluding hydrogens is 352 g/mol.